The lowest BCUT2D eigenvalue weighted by Crippen LogP contribution is -2.49. The van der Waals surface area contributed by atoms with Gasteiger partial charge in [0.05, 0.1) is 12.8 Å². The van der Waals surface area contributed by atoms with E-state index in [2.05, 4.69) is 22.2 Å². The molecule has 6 nitrogen and oxygen atoms in total. The molecule has 2 fully saturated rings. The van der Waals surface area contributed by atoms with Crippen LogP contribution in [0.4, 0.5) is 10.5 Å². The Hall–Kier alpha value is -1.50. The van der Waals surface area contributed by atoms with Crippen molar-refractivity contribution in [3.05, 3.63) is 23.2 Å². The van der Waals surface area contributed by atoms with Gasteiger partial charge in [-0.2, -0.15) is 0 Å². The first-order valence-electron chi connectivity index (χ1n) is 9.35. The highest BCUT2D eigenvalue weighted by molar-refractivity contribution is 6.31. The predicted molar refractivity (Wildman–Crippen MR) is 105 cm³/mol. The zero-order valence-corrected chi connectivity index (χ0v) is 16.5. The number of halogens is 1. The van der Waals surface area contributed by atoms with Crippen LogP contribution in [-0.4, -0.2) is 80.7 Å². The highest BCUT2D eigenvalue weighted by Crippen LogP contribution is 2.28. The number of nitrogens with zero attached hydrogens (tertiary/aromatic N) is 3. The van der Waals surface area contributed by atoms with Crippen LogP contribution in [-0.2, 0) is 0 Å². The first kappa shape index (κ1) is 19.3. The number of ether oxygens (including phenoxy) is 1. The molecular formula is C19H29ClN4O2. The average molecular weight is 381 g/mol. The number of carbonyl (C=O) groups excluding carboxylic acids is 1. The molecule has 2 saturated heterocycles. The van der Waals surface area contributed by atoms with Gasteiger partial charge in [0.25, 0.3) is 0 Å². The van der Waals surface area contributed by atoms with Crippen molar-refractivity contribution < 1.29 is 9.53 Å². The van der Waals surface area contributed by atoms with Crippen molar-refractivity contribution in [2.24, 2.45) is 5.92 Å². The summed E-state index contributed by atoms with van der Waals surface area (Å²) >= 11 is 6.06. The lowest BCUT2D eigenvalue weighted by Gasteiger charge is -2.38. The molecule has 1 aromatic rings. The summed E-state index contributed by atoms with van der Waals surface area (Å²) < 4.78 is 5.32. The Morgan fingerprint density at radius 3 is 2.77 bits per heavy atom. The molecule has 0 radical (unpaired) electrons. The van der Waals surface area contributed by atoms with Crippen molar-refractivity contribution in [2.45, 2.75) is 12.8 Å². The number of rotatable bonds is 4. The molecule has 1 N–H and O–H groups in total. The number of hydrogen-bond donors (Lipinski definition) is 1. The average Bonchev–Trinajstić information content (AvgIpc) is 2.64. The topological polar surface area (TPSA) is 48.1 Å². The largest absolute Gasteiger partial charge is 0.495 e. The molecule has 2 aliphatic rings. The summed E-state index contributed by atoms with van der Waals surface area (Å²) in [6.07, 6.45) is 2.25. The van der Waals surface area contributed by atoms with Crippen LogP contribution in [0.25, 0.3) is 0 Å². The van der Waals surface area contributed by atoms with Crippen molar-refractivity contribution in [3.8, 4) is 5.75 Å². The molecule has 144 valence electrons. The van der Waals surface area contributed by atoms with Crippen LogP contribution in [0.2, 0.25) is 5.02 Å². The molecule has 0 aliphatic carbocycles. The van der Waals surface area contributed by atoms with Crippen LogP contribution < -0.4 is 10.1 Å². The molecule has 7 heteroatoms. The Morgan fingerprint density at radius 2 is 2.04 bits per heavy atom. The Morgan fingerprint density at radius 1 is 1.27 bits per heavy atom. The van der Waals surface area contributed by atoms with E-state index < -0.39 is 0 Å². The minimum absolute atomic E-state index is 0.0753. The number of amides is 2. The second-order valence-electron chi connectivity index (χ2n) is 7.33. The number of methoxy groups -OCH3 is 1. The standard InChI is InChI=1S/C19H29ClN4O2/c1-22-8-10-23(11-9-22)13-15-4-3-7-24(14-15)19(25)21-17-12-16(20)5-6-18(17)26-2/h5-6,12,15H,3-4,7-11,13-14H2,1-2H3,(H,21,25). The maximum absolute atomic E-state index is 12.7. The van der Waals surface area contributed by atoms with E-state index in [1.54, 1.807) is 25.3 Å². The number of hydrogen-bond acceptors (Lipinski definition) is 4. The summed E-state index contributed by atoms with van der Waals surface area (Å²) in [6, 6.07) is 5.17. The van der Waals surface area contributed by atoms with Gasteiger partial charge >= 0.3 is 6.03 Å². The van der Waals surface area contributed by atoms with Gasteiger partial charge in [-0.25, -0.2) is 4.79 Å². The van der Waals surface area contributed by atoms with Crippen molar-refractivity contribution in [1.82, 2.24) is 14.7 Å². The number of urea groups is 1. The van der Waals surface area contributed by atoms with E-state index in [9.17, 15) is 4.79 Å². The van der Waals surface area contributed by atoms with Gasteiger partial charge in [-0.3, -0.25) is 0 Å². The first-order valence-corrected chi connectivity index (χ1v) is 9.73. The maximum Gasteiger partial charge on any atom is 0.321 e. The molecule has 0 bridgehead atoms. The number of likely N-dealkylation sites (tertiary alicyclic amines) is 1. The lowest BCUT2D eigenvalue weighted by atomic mass is 9.97. The number of anilines is 1. The minimum Gasteiger partial charge on any atom is -0.495 e. The Kier molecular flexibility index (Phi) is 6.62. The first-order chi connectivity index (χ1) is 12.5. The molecule has 2 heterocycles. The van der Waals surface area contributed by atoms with E-state index >= 15 is 0 Å². The third-order valence-electron chi connectivity index (χ3n) is 5.32. The third kappa shape index (κ3) is 5.02. The molecule has 2 aliphatic heterocycles. The monoisotopic (exact) mass is 380 g/mol. The van der Waals surface area contributed by atoms with Gasteiger partial charge < -0.3 is 24.8 Å². The maximum atomic E-state index is 12.7. The Bertz CT molecular complexity index is 620. The second-order valence-corrected chi connectivity index (χ2v) is 7.77. The molecule has 0 aromatic heterocycles. The van der Waals surface area contributed by atoms with Gasteiger partial charge in [0.15, 0.2) is 0 Å². The fourth-order valence-corrected chi connectivity index (χ4v) is 3.94. The van der Waals surface area contributed by atoms with Crippen LogP contribution in [0.5, 0.6) is 5.75 Å². The molecule has 1 aromatic carbocycles. The van der Waals surface area contributed by atoms with Crippen molar-refractivity contribution >= 4 is 23.3 Å². The van der Waals surface area contributed by atoms with E-state index in [4.69, 9.17) is 16.3 Å². The molecular weight excluding hydrogens is 352 g/mol. The van der Waals surface area contributed by atoms with E-state index in [-0.39, 0.29) is 6.03 Å². The summed E-state index contributed by atoms with van der Waals surface area (Å²) in [4.78, 5) is 19.5. The number of likely N-dealkylation sites (N-methyl/N-ethyl adjacent to an activating group) is 1. The van der Waals surface area contributed by atoms with E-state index in [1.165, 1.54) is 6.42 Å². The van der Waals surface area contributed by atoms with Crippen LogP contribution in [0.15, 0.2) is 18.2 Å². The van der Waals surface area contributed by atoms with Gasteiger partial charge in [0, 0.05) is 50.8 Å². The van der Waals surface area contributed by atoms with Crippen molar-refractivity contribution in [3.63, 3.8) is 0 Å². The molecule has 1 unspecified atom stereocenters. The number of piperazine rings is 1. The summed E-state index contributed by atoms with van der Waals surface area (Å²) in [5, 5.41) is 3.54. The van der Waals surface area contributed by atoms with E-state index in [1.807, 2.05) is 4.90 Å². The molecule has 0 saturated carbocycles. The van der Waals surface area contributed by atoms with E-state index in [0.717, 1.165) is 52.2 Å². The zero-order chi connectivity index (χ0) is 18.5. The van der Waals surface area contributed by atoms with Gasteiger partial charge in [-0.15, -0.1) is 0 Å². The quantitative estimate of drug-likeness (QED) is 0.872. The van der Waals surface area contributed by atoms with Crippen LogP contribution in [0.3, 0.4) is 0 Å². The molecule has 3 rings (SSSR count). The fourth-order valence-electron chi connectivity index (χ4n) is 3.77. The predicted octanol–water partition coefficient (Wildman–Crippen LogP) is 2.84. The summed E-state index contributed by atoms with van der Waals surface area (Å²) in [5.74, 6) is 1.16. The van der Waals surface area contributed by atoms with Gasteiger partial charge in [-0.1, -0.05) is 11.6 Å². The summed E-state index contributed by atoms with van der Waals surface area (Å²) in [6.45, 7) is 7.20. The molecule has 2 amide bonds. The molecule has 1 atom stereocenters. The third-order valence-corrected chi connectivity index (χ3v) is 5.56. The highest BCUT2D eigenvalue weighted by atomic mass is 35.5. The summed E-state index contributed by atoms with van der Waals surface area (Å²) in [5.41, 5.74) is 0.617. The normalized spacial score (nSPS) is 22.3. The van der Waals surface area contributed by atoms with Crippen LogP contribution in [0.1, 0.15) is 12.8 Å². The summed E-state index contributed by atoms with van der Waals surface area (Å²) in [7, 11) is 3.76. The highest BCUT2D eigenvalue weighted by Gasteiger charge is 2.26. The lowest BCUT2D eigenvalue weighted by molar-refractivity contribution is 0.109. The van der Waals surface area contributed by atoms with Crippen molar-refractivity contribution in [1.29, 1.82) is 0 Å². The molecule has 0 spiro atoms. The van der Waals surface area contributed by atoms with E-state index in [0.29, 0.717) is 22.4 Å². The van der Waals surface area contributed by atoms with Gasteiger partial charge in [0.1, 0.15) is 5.75 Å². The molecule has 26 heavy (non-hydrogen) atoms. The Labute approximate surface area is 161 Å². The Balaban J connectivity index is 1.55. The SMILES string of the molecule is COc1ccc(Cl)cc1NC(=O)N1CCCC(CN2CCN(C)CC2)C1. The van der Waals surface area contributed by atoms with Crippen molar-refractivity contribution in [2.75, 3.05) is 65.3 Å². The van der Waals surface area contributed by atoms with Gasteiger partial charge in [0.2, 0.25) is 0 Å². The second kappa shape index (κ2) is 8.93. The number of piperidine rings is 1. The van der Waals surface area contributed by atoms with Crippen LogP contribution in [0, 0.1) is 5.92 Å². The zero-order valence-electron chi connectivity index (χ0n) is 15.7. The van der Waals surface area contributed by atoms with Gasteiger partial charge in [-0.05, 0) is 44.0 Å². The fraction of sp³-hybridized carbons (Fsp3) is 0.632. The number of benzene rings is 1. The number of nitrogens with one attached hydrogen (secondary N) is 1. The van der Waals surface area contributed by atoms with Crippen LogP contribution >= 0.6 is 11.6 Å². The number of carbonyl (C=O) groups is 1. The minimum atomic E-state index is -0.0753. The smallest absolute Gasteiger partial charge is 0.321 e.